The van der Waals surface area contributed by atoms with Crippen molar-refractivity contribution in [3.05, 3.63) is 93.9 Å². The molecule has 1 N–H and O–H groups in total. The Kier molecular flexibility index (Phi) is 6.40. The van der Waals surface area contributed by atoms with Crippen molar-refractivity contribution in [2.75, 3.05) is 18.7 Å². The van der Waals surface area contributed by atoms with Crippen LogP contribution in [0.2, 0.25) is 0 Å². The Morgan fingerprint density at radius 3 is 2.39 bits per heavy atom. The number of hydrogen-bond donors (Lipinski definition) is 1. The van der Waals surface area contributed by atoms with E-state index in [-0.39, 0.29) is 17.9 Å². The average molecular weight is 448 g/mol. The molecule has 7 heteroatoms. The fraction of sp³-hybridized carbons (Fsp3) is 0.308. The minimum atomic E-state index is -0.583. The van der Waals surface area contributed by atoms with Crippen LogP contribution in [-0.4, -0.2) is 40.4 Å². The van der Waals surface area contributed by atoms with Gasteiger partial charge in [-0.25, -0.2) is 0 Å². The van der Waals surface area contributed by atoms with Gasteiger partial charge in [0.2, 0.25) is 5.43 Å². The number of amides is 1. The minimum absolute atomic E-state index is 0.0393. The van der Waals surface area contributed by atoms with Gasteiger partial charge >= 0.3 is 0 Å². The van der Waals surface area contributed by atoms with Crippen molar-refractivity contribution in [2.45, 2.75) is 38.9 Å². The maximum atomic E-state index is 13.2. The second-order valence-electron chi connectivity index (χ2n) is 8.11. The zero-order valence-corrected chi connectivity index (χ0v) is 19.1. The molecule has 2 aromatic carbocycles. The van der Waals surface area contributed by atoms with Crippen LogP contribution in [0.5, 0.6) is 11.5 Å². The highest BCUT2D eigenvalue weighted by Gasteiger charge is 2.41. The predicted octanol–water partition coefficient (Wildman–Crippen LogP) is 3.89. The van der Waals surface area contributed by atoms with Crippen LogP contribution >= 0.6 is 0 Å². The van der Waals surface area contributed by atoms with E-state index in [2.05, 4.69) is 6.92 Å². The topological polar surface area (TPSA) is 75.0 Å². The van der Waals surface area contributed by atoms with Gasteiger partial charge in [0.05, 0.1) is 6.61 Å². The first kappa shape index (κ1) is 22.5. The molecule has 1 aromatic heterocycles. The molecule has 0 unspecified atom stereocenters. The van der Waals surface area contributed by atoms with Gasteiger partial charge < -0.3 is 14.7 Å². The lowest BCUT2D eigenvalue weighted by Crippen LogP contribution is -2.61. The Hall–Kier alpha value is -3.74. The molecule has 1 aliphatic rings. The number of hydrogen-bond acceptors (Lipinski definition) is 5. The lowest BCUT2D eigenvalue weighted by Gasteiger charge is -2.48. The van der Waals surface area contributed by atoms with Crippen LogP contribution < -0.4 is 15.2 Å². The quantitative estimate of drug-likeness (QED) is 0.595. The maximum absolute atomic E-state index is 13.2. The molecular weight excluding hydrogens is 418 g/mol. The van der Waals surface area contributed by atoms with E-state index in [0.717, 1.165) is 23.3 Å². The van der Waals surface area contributed by atoms with E-state index in [1.165, 1.54) is 6.07 Å². The molecule has 0 saturated heterocycles. The first-order valence-electron chi connectivity index (χ1n) is 11.3. The van der Waals surface area contributed by atoms with Gasteiger partial charge in [-0.1, -0.05) is 62.4 Å². The summed E-state index contributed by atoms with van der Waals surface area (Å²) in [6.07, 6.45) is 2.75. The fourth-order valence-corrected chi connectivity index (χ4v) is 4.45. The Bertz CT molecular complexity index is 1190. The molecule has 2 heterocycles. The van der Waals surface area contributed by atoms with Gasteiger partial charge in [-0.2, -0.15) is 0 Å². The van der Waals surface area contributed by atoms with E-state index < -0.39 is 17.1 Å². The number of ether oxygens (including phenoxy) is 1. The number of aromatic hydroxyl groups is 1. The molecule has 2 atom stereocenters. The normalized spacial score (nSPS) is 16.5. The Morgan fingerprint density at radius 1 is 1.00 bits per heavy atom. The number of pyridine rings is 1. The highest BCUT2D eigenvalue weighted by molar-refractivity contribution is 5.96. The van der Waals surface area contributed by atoms with E-state index in [9.17, 15) is 14.7 Å². The standard InChI is InChI=1S/C26H29N3O4/c1-4-17-33-21-14-10-9-13-19(21)23(18-11-7-6-8-12-18)29-22(5-2)27(3)26(32)24-25(31)20(30)15-16-28(24)29/h6-16,22-23,31H,4-5,17H2,1-3H3/t22-,23+/m1/s1. The monoisotopic (exact) mass is 447 g/mol. The van der Waals surface area contributed by atoms with Crippen LogP contribution in [0.1, 0.15) is 54.3 Å². The lowest BCUT2D eigenvalue weighted by atomic mass is 9.95. The minimum Gasteiger partial charge on any atom is -0.502 e. The van der Waals surface area contributed by atoms with Crippen LogP contribution in [-0.2, 0) is 0 Å². The molecule has 0 spiro atoms. The van der Waals surface area contributed by atoms with Crippen LogP contribution in [0.15, 0.2) is 71.7 Å². The second kappa shape index (κ2) is 9.40. The number of benzene rings is 2. The van der Waals surface area contributed by atoms with Crippen molar-refractivity contribution in [3.63, 3.8) is 0 Å². The molecule has 33 heavy (non-hydrogen) atoms. The van der Waals surface area contributed by atoms with Gasteiger partial charge in [-0.05, 0) is 24.5 Å². The number of rotatable bonds is 7. The second-order valence-corrected chi connectivity index (χ2v) is 8.11. The molecular formula is C26H29N3O4. The van der Waals surface area contributed by atoms with E-state index in [0.29, 0.717) is 13.0 Å². The third-order valence-electron chi connectivity index (χ3n) is 6.00. The zero-order chi connectivity index (χ0) is 23.5. The number of fused-ring (bicyclic) bond motifs is 1. The van der Waals surface area contributed by atoms with Gasteiger partial charge in [0, 0.05) is 24.9 Å². The van der Waals surface area contributed by atoms with Gasteiger partial charge in [0.25, 0.3) is 5.91 Å². The first-order valence-corrected chi connectivity index (χ1v) is 11.3. The molecule has 0 aliphatic carbocycles. The average Bonchev–Trinajstić information content (AvgIpc) is 2.84. The van der Waals surface area contributed by atoms with Crippen LogP contribution in [0, 0.1) is 0 Å². The number of carbonyl (C=O) groups excluding carboxylic acids is 1. The third-order valence-corrected chi connectivity index (χ3v) is 6.00. The summed E-state index contributed by atoms with van der Waals surface area (Å²) in [6, 6.07) is 18.8. The smallest absolute Gasteiger partial charge is 0.277 e. The number of nitrogens with zero attached hydrogens (tertiary/aromatic N) is 3. The molecule has 4 rings (SSSR count). The number of carbonyl (C=O) groups is 1. The molecule has 0 saturated carbocycles. The molecule has 0 fully saturated rings. The third kappa shape index (κ3) is 3.95. The first-order chi connectivity index (χ1) is 16.0. The maximum Gasteiger partial charge on any atom is 0.277 e. The van der Waals surface area contributed by atoms with Crippen LogP contribution in [0.3, 0.4) is 0 Å². The number of para-hydroxylation sites is 1. The zero-order valence-electron chi connectivity index (χ0n) is 19.1. The van der Waals surface area contributed by atoms with Crippen molar-refractivity contribution in [2.24, 2.45) is 0 Å². The number of aromatic nitrogens is 1. The molecule has 172 valence electrons. The van der Waals surface area contributed by atoms with Crippen molar-refractivity contribution < 1.29 is 14.6 Å². The summed E-state index contributed by atoms with van der Waals surface area (Å²) in [5, 5.41) is 12.6. The molecule has 3 aromatic rings. The fourth-order valence-electron chi connectivity index (χ4n) is 4.45. The Labute approximate surface area is 193 Å². The van der Waals surface area contributed by atoms with Crippen LogP contribution in [0.25, 0.3) is 0 Å². The predicted molar refractivity (Wildman–Crippen MR) is 127 cm³/mol. The molecule has 7 nitrogen and oxygen atoms in total. The van der Waals surface area contributed by atoms with E-state index in [4.69, 9.17) is 4.74 Å². The highest BCUT2D eigenvalue weighted by Crippen LogP contribution is 2.38. The lowest BCUT2D eigenvalue weighted by molar-refractivity contribution is 0.0611. The molecule has 1 aliphatic heterocycles. The Balaban J connectivity index is 2.00. The van der Waals surface area contributed by atoms with Crippen LogP contribution in [0.4, 0.5) is 0 Å². The summed E-state index contributed by atoms with van der Waals surface area (Å²) in [5.74, 6) is -0.179. The van der Waals surface area contributed by atoms with Crippen molar-refractivity contribution in [1.82, 2.24) is 9.58 Å². The van der Waals surface area contributed by atoms with Crippen molar-refractivity contribution in [3.8, 4) is 11.5 Å². The van der Waals surface area contributed by atoms with E-state index in [1.807, 2.05) is 66.5 Å². The summed E-state index contributed by atoms with van der Waals surface area (Å²) < 4.78 is 7.74. The van der Waals surface area contributed by atoms with Gasteiger partial charge in [0.1, 0.15) is 18.0 Å². The largest absolute Gasteiger partial charge is 0.502 e. The summed E-state index contributed by atoms with van der Waals surface area (Å²) in [4.78, 5) is 27.0. The van der Waals surface area contributed by atoms with Gasteiger partial charge in [0.15, 0.2) is 11.4 Å². The van der Waals surface area contributed by atoms with E-state index in [1.54, 1.807) is 22.8 Å². The van der Waals surface area contributed by atoms with Crippen molar-refractivity contribution in [1.29, 1.82) is 0 Å². The summed E-state index contributed by atoms with van der Waals surface area (Å²) in [5.41, 5.74) is 1.31. The summed E-state index contributed by atoms with van der Waals surface area (Å²) in [7, 11) is 1.70. The van der Waals surface area contributed by atoms with Gasteiger partial charge in [-0.15, -0.1) is 0 Å². The molecule has 0 bridgehead atoms. The molecule has 1 amide bonds. The highest BCUT2D eigenvalue weighted by atomic mass is 16.5. The Morgan fingerprint density at radius 2 is 1.70 bits per heavy atom. The molecule has 0 radical (unpaired) electrons. The summed E-state index contributed by atoms with van der Waals surface area (Å²) >= 11 is 0. The SMILES string of the molecule is CCCOc1ccccc1[C@H](c1ccccc1)N1[C@H](CC)N(C)C(=O)c2c(O)c(=O)ccn21. The van der Waals surface area contributed by atoms with Gasteiger partial charge in [-0.3, -0.25) is 19.3 Å². The van der Waals surface area contributed by atoms with Crippen molar-refractivity contribution >= 4 is 5.91 Å². The summed E-state index contributed by atoms with van der Waals surface area (Å²) in [6.45, 7) is 4.65. The van der Waals surface area contributed by atoms with E-state index >= 15 is 0 Å².